The molecule has 49 heavy (non-hydrogen) atoms. The highest BCUT2D eigenvalue weighted by Crippen LogP contribution is 2.38. The third kappa shape index (κ3) is 10.3. The quantitative estimate of drug-likeness (QED) is 0.101. The van der Waals surface area contributed by atoms with E-state index in [9.17, 15) is 43.8 Å². The highest BCUT2D eigenvalue weighted by Gasteiger charge is 2.37. The summed E-state index contributed by atoms with van der Waals surface area (Å²) >= 11 is 0. The third-order valence-corrected chi connectivity index (χ3v) is 8.15. The second-order valence-corrected chi connectivity index (χ2v) is 11.7. The van der Waals surface area contributed by atoms with Gasteiger partial charge in [-0.25, -0.2) is 0 Å². The molecule has 4 bridgehead atoms. The molecule has 1 aliphatic heterocycles. The summed E-state index contributed by atoms with van der Waals surface area (Å²) in [5.74, 6) is -5.23. The number of amides is 6. The molecule has 5 atom stereocenters. The molecule has 0 spiro atoms. The van der Waals surface area contributed by atoms with Crippen LogP contribution in [-0.2, 0) is 40.0 Å². The molecule has 0 fully saturated rings. The number of aliphatic hydroxyl groups is 2. The Morgan fingerprint density at radius 1 is 1.10 bits per heavy atom. The number of phenols is 1. The molecule has 6 amide bonds. The number of phenolic OH excluding ortho intramolecular Hbond substituents is 1. The SMILES string of the molecule is CN[C@H](CCO)C(=O)NCC(=O)NCC(=O)N(C)C1C(=O)NCC(=O)N[C@H](C(=O)NC(C)C=O)Cc2ccc(O)c(c2)C2=C(O)C=C[C@H]1C2. The van der Waals surface area contributed by atoms with E-state index in [-0.39, 0.29) is 48.5 Å². The van der Waals surface area contributed by atoms with Crippen LogP contribution in [0.25, 0.3) is 5.57 Å². The standard InChI is InChI=1S/C32H43N7O10/c1-17(16-41)37-31(48)23-11-18-4-6-24(42)20(10-18)21-12-19(5-7-25(21)43)29(32(49)36-14-27(45)38-23)39(3)28(46)15-34-26(44)13-35-30(47)22(33-2)8-9-40/h4-7,10,16-17,19,22-23,29,33,40,42-43H,8-9,11-15H2,1-3H3,(H,34,44)(H,35,47)(H,36,49)(H,37,48)(H,38,45)/t17?,19-,22+,23-,29?/m0/s1. The lowest BCUT2D eigenvalue weighted by Gasteiger charge is -2.34. The van der Waals surface area contributed by atoms with E-state index in [4.69, 9.17) is 5.11 Å². The van der Waals surface area contributed by atoms with Crippen molar-refractivity contribution in [2.75, 3.05) is 40.3 Å². The normalized spacial score (nSPS) is 20.4. The highest BCUT2D eigenvalue weighted by atomic mass is 16.3. The van der Waals surface area contributed by atoms with Gasteiger partial charge < -0.3 is 56.9 Å². The monoisotopic (exact) mass is 685 g/mol. The number of carbonyl (C=O) groups is 7. The molecule has 9 N–H and O–H groups in total. The molecule has 1 aliphatic carbocycles. The number of aliphatic hydroxyl groups excluding tert-OH is 2. The van der Waals surface area contributed by atoms with Gasteiger partial charge in [-0.2, -0.15) is 0 Å². The van der Waals surface area contributed by atoms with E-state index in [1.165, 1.54) is 39.2 Å². The summed E-state index contributed by atoms with van der Waals surface area (Å²) < 4.78 is 0. The van der Waals surface area contributed by atoms with Crippen molar-refractivity contribution in [2.45, 2.75) is 50.4 Å². The van der Waals surface area contributed by atoms with Crippen molar-refractivity contribution in [1.29, 1.82) is 0 Å². The maximum absolute atomic E-state index is 13.6. The number of hydrogen-bond donors (Lipinski definition) is 9. The number of nitrogens with zero attached hydrogens (tertiary/aromatic N) is 1. The molecular formula is C32H43N7O10. The van der Waals surface area contributed by atoms with Crippen LogP contribution in [0.1, 0.15) is 30.9 Å². The van der Waals surface area contributed by atoms with Crippen molar-refractivity contribution in [1.82, 2.24) is 36.8 Å². The number of carbonyl (C=O) groups excluding carboxylic acids is 7. The van der Waals surface area contributed by atoms with Gasteiger partial charge in [-0.1, -0.05) is 12.1 Å². The molecule has 1 aromatic carbocycles. The first kappa shape index (κ1) is 38.2. The predicted octanol–water partition coefficient (Wildman–Crippen LogP) is -2.87. The molecule has 0 aromatic heterocycles. The highest BCUT2D eigenvalue weighted by molar-refractivity contribution is 5.95. The largest absolute Gasteiger partial charge is 0.508 e. The molecule has 1 heterocycles. The van der Waals surface area contributed by atoms with Gasteiger partial charge >= 0.3 is 0 Å². The summed E-state index contributed by atoms with van der Waals surface area (Å²) in [6, 6.07) is 0.430. The second kappa shape index (κ2) is 17.7. The topological polar surface area (TPSA) is 256 Å². The van der Waals surface area contributed by atoms with Crippen molar-refractivity contribution in [3.05, 3.63) is 47.2 Å². The number of aldehydes is 1. The average molecular weight is 686 g/mol. The fourth-order valence-electron chi connectivity index (χ4n) is 5.46. The summed E-state index contributed by atoms with van der Waals surface area (Å²) in [6.07, 6.45) is 3.43. The zero-order chi connectivity index (χ0) is 36.2. The van der Waals surface area contributed by atoms with Crippen molar-refractivity contribution in [3.8, 4) is 5.75 Å². The van der Waals surface area contributed by atoms with Crippen LogP contribution in [0, 0.1) is 5.92 Å². The fraction of sp³-hybridized carbons (Fsp3) is 0.469. The number of allylic oxidation sites excluding steroid dienone is 2. The van der Waals surface area contributed by atoms with Gasteiger partial charge in [0, 0.05) is 37.1 Å². The Bertz CT molecular complexity index is 1510. The first-order valence-corrected chi connectivity index (χ1v) is 15.6. The average Bonchev–Trinajstić information content (AvgIpc) is 3.08. The van der Waals surface area contributed by atoms with Crippen LogP contribution in [0.2, 0.25) is 0 Å². The smallest absolute Gasteiger partial charge is 0.243 e. The number of likely N-dealkylation sites (N-methyl/N-ethyl adjacent to an activating group) is 2. The van der Waals surface area contributed by atoms with E-state index < -0.39 is 85.2 Å². The molecular weight excluding hydrogens is 642 g/mol. The molecule has 0 radical (unpaired) electrons. The van der Waals surface area contributed by atoms with Gasteiger partial charge in [0.1, 0.15) is 29.9 Å². The zero-order valence-corrected chi connectivity index (χ0v) is 27.4. The maximum Gasteiger partial charge on any atom is 0.243 e. The summed E-state index contributed by atoms with van der Waals surface area (Å²) in [4.78, 5) is 89.7. The molecule has 0 saturated heterocycles. The van der Waals surface area contributed by atoms with Crippen molar-refractivity contribution in [2.24, 2.45) is 5.92 Å². The summed E-state index contributed by atoms with van der Waals surface area (Å²) in [7, 11) is 2.85. The number of rotatable bonds is 12. The number of nitrogens with one attached hydrogen (secondary N) is 6. The van der Waals surface area contributed by atoms with Crippen molar-refractivity contribution < 1.29 is 48.9 Å². The molecule has 266 valence electrons. The molecule has 3 rings (SSSR count). The lowest BCUT2D eigenvalue weighted by Crippen LogP contribution is -2.56. The van der Waals surface area contributed by atoms with E-state index in [0.29, 0.717) is 11.8 Å². The lowest BCUT2D eigenvalue weighted by atomic mass is 9.82. The summed E-state index contributed by atoms with van der Waals surface area (Å²) in [6.45, 7) is -0.364. The minimum absolute atomic E-state index is 0.0269. The Labute approximate surface area is 282 Å². The Balaban J connectivity index is 1.85. The van der Waals surface area contributed by atoms with Crippen LogP contribution in [0.4, 0.5) is 0 Å². The van der Waals surface area contributed by atoms with Gasteiger partial charge in [0.05, 0.1) is 31.7 Å². The van der Waals surface area contributed by atoms with E-state index >= 15 is 0 Å². The molecule has 17 heteroatoms. The summed E-state index contributed by atoms with van der Waals surface area (Å²) in [5.41, 5.74) is 0.965. The maximum atomic E-state index is 13.6. The minimum Gasteiger partial charge on any atom is -0.508 e. The number of aromatic hydroxyl groups is 1. The van der Waals surface area contributed by atoms with E-state index in [1.54, 1.807) is 12.1 Å². The van der Waals surface area contributed by atoms with Crippen LogP contribution in [0.5, 0.6) is 5.75 Å². The van der Waals surface area contributed by atoms with E-state index in [2.05, 4.69) is 31.9 Å². The Hall–Kier alpha value is -5.29. The molecule has 17 nitrogen and oxygen atoms in total. The Morgan fingerprint density at radius 3 is 2.51 bits per heavy atom. The predicted molar refractivity (Wildman–Crippen MR) is 174 cm³/mol. The number of fused-ring (bicyclic) bond motifs is 5. The van der Waals surface area contributed by atoms with E-state index in [1.807, 2.05) is 0 Å². The Morgan fingerprint density at radius 2 is 1.84 bits per heavy atom. The number of benzene rings is 1. The van der Waals surface area contributed by atoms with Crippen molar-refractivity contribution >= 4 is 47.3 Å². The van der Waals surface area contributed by atoms with Crippen LogP contribution in [0.15, 0.2) is 36.1 Å². The Kier molecular flexibility index (Phi) is 13.8. The van der Waals surface area contributed by atoms with Gasteiger partial charge in [-0.15, -0.1) is 0 Å². The molecule has 1 aromatic rings. The molecule has 2 aliphatic rings. The lowest BCUT2D eigenvalue weighted by molar-refractivity contribution is -0.141. The summed E-state index contributed by atoms with van der Waals surface area (Å²) in [5, 5.41) is 45.7. The van der Waals surface area contributed by atoms with E-state index in [0.717, 1.165) is 4.90 Å². The fourth-order valence-corrected chi connectivity index (χ4v) is 5.46. The van der Waals surface area contributed by atoms with Gasteiger partial charge in [-0.05, 0) is 50.6 Å². The van der Waals surface area contributed by atoms with Gasteiger partial charge in [-0.3, -0.25) is 28.8 Å². The second-order valence-electron chi connectivity index (χ2n) is 11.7. The molecule has 2 unspecified atom stereocenters. The minimum atomic E-state index is -1.27. The van der Waals surface area contributed by atoms with Crippen LogP contribution >= 0.6 is 0 Å². The first-order valence-electron chi connectivity index (χ1n) is 15.6. The zero-order valence-electron chi connectivity index (χ0n) is 27.4. The van der Waals surface area contributed by atoms with Crippen LogP contribution in [-0.4, -0.2) is 126 Å². The molecule has 0 saturated carbocycles. The number of hydrogen-bond acceptors (Lipinski definition) is 11. The van der Waals surface area contributed by atoms with Crippen LogP contribution in [0.3, 0.4) is 0 Å². The van der Waals surface area contributed by atoms with Gasteiger partial charge in [0.15, 0.2) is 0 Å². The van der Waals surface area contributed by atoms with Gasteiger partial charge in [0.2, 0.25) is 35.4 Å². The third-order valence-electron chi connectivity index (χ3n) is 8.15. The van der Waals surface area contributed by atoms with Crippen LogP contribution < -0.4 is 31.9 Å². The van der Waals surface area contributed by atoms with Gasteiger partial charge in [0.25, 0.3) is 0 Å². The first-order chi connectivity index (χ1) is 23.3. The van der Waals surface area contributed by atoms with Crippen molar-refractivity contribution in [3.63, 3.8) is 0 Å².